The molecule has 0 heterocycles. The molecule has 1 N–H and O–H groups in total. The lowest BCUT2D eigenvalue weighted by Crippen LogP contribution is -2.33. The van der Waals surface area contributed by atoms with E-state index in [1.165, 1.54) is 11.1 Å². The van der Waals surface area contributed by atoms with E-state index in [0.29, 0.717) is 11.8 Å². The van der Waals surface area contributed by atoms with Gasteiger partial charge in [0.1, 0.15) is 13.2 Å². The van der Waals surface area contributed by atoms with Crippen LogP contribution in [-0.2, 0) is 16.0 Å². The van der Waals surface area contributed by atoms with Crippen molar-refractivity contribution in [2.75, 3.05) is 13.2 Å². The smallest absolute Gasteiger partial charge is 0.362 e. The van der Waals surface area contributed by atoms with Gasteiger partial charge in [0, 0.05) is 12.0 Å². The van der Waals surface area contributed by atoms with Gasteiger partial charge in [-0.05, 0) is 23.5 Å². The van der Waals surface area contributed by atoms with Crippen LogP contribution in [0.15, 0.2) is 24.3 Å². The molecular weight excluding hydrogens is 271 g/mol. The van der Waals surface area contributed by atoms with Crippen molar-refractivity contribution in [3.8, 4) is 0 Å². The van der Waals surface area contributed by atoms with E-state index in [-0.39, 0.29) is 6.04 Å². The number of halogens is 3. The molecule has 1 saturated carbocycles. The summed E-state index contributed by atoms with van der Waals surface area (Å²) in [5.41, 5.74) is 2.56. The third-order valence-corrected chi connectivity index (χ3v) is 3.86. The first-order valence-electron chi connectivity index (χ1n) is 6.47. The van der Waals surface area contributed by atoms with E-state index >= 15 is 0 Å². The van der Waals surface area contributed by atoms with E-state index in [1.807, 2.05) is 18.2 Å². The van der Waals surface area contributed by atoms with Gasteiger partial charge in [-0.3, -0.25) is 4.79 Å². The Morgan fingerprint density at radius 1 is 1.35 bits per heavy atom. The number of amides is 1. The van der Waals surface area contributed by atoms with Crippen LogP contribution >= 0.6 is 0 Å². The standard InChI is InChI=1S/C14H14F3NO2/c15-14(16,17)7-20-6-11(19)18-13-10-5-8-3-1-2-4-9(8)12(10)13/h1-4,10,12-13H,5-7H2,(H,18,19)/t10-,12+,13+/m0/s1. The summed E-state index contributed by atoms with van der Waals surface area (Å²) >= 11 is 0. The summed E-state index contributed by atoms with van der Waals surface area (Å²) in [6.45, 7) is -1.93. The molecule has 0 aromatic heterocycles. The lowest BCUT2D eigenvalue weighted by Gasteiger charge is -2.10. The maximum atomic E-state index is 11.9. The van der Waals surface area contributed by atoms with Gasteiger partial charge in [-0.2, -0.15) is 13.2 Å². The molecule has 20 heavy (non-hydrogen) atoms. The van der Waals surface area contributed by atoms with Gasteiger partial charge in [0.25, 0.3) is 0 Å². The number of hydrogen-bond acceptors (Lipinski definition) is 2. The van der Waals surface area contributed by atoms with E-state index in [0.717, 1.165) is 6.42 Å². The van der Waals surface area contributed by atoms with Crippen LogP contribution in [0.5, 0.6) is 0 Å². The number of nitrogens with one attached hydrogen (secondary N) is 1. The molecule has 1 amide bonds. The Labute approximate surface area is 114 Å². The Bertz CT molecular complexity index is 529. The number of carbonyl (C=O) groups excluding carboxylic acids is 1. The second-order valence-electron chi connectivity index (χ2n) is 5.29. The summed E-state index contributed by atoms with van der Waals surface area (Å²) in [6, 6.07) is 8.12. The van der Waals surface area contributed by atoms with Crippen LogP contribution in [-0.4, -0.2) is 31.3 Å². The van der Waals surface area contributed by atoms with Crippen molar-refractivity contribution in [1.82, 2.24) is 5.32 Å². The normalized spacial score (nSPS) is 26.9. The fraction of sp³-hybridized carbons (Fsp3) is 0.500. The average Bonchev–Trinajstić information content (AvgIpc) is 2.87. The van der Waals surface area contributed by atoms with Crippen molar-refractivity contribution in [3.63, 3.8) is 0 Å². The zero-order valence-electron chi connectivity index (χ0n) is 10.6. The third-order valence-electron chi connectivity index (χ3n) is 3.86. The molecule has 0 radical (unpaired) electrons. The minimum absolute atomic E-state index is 0.0480. The first-order valence-corrected chi connectivity index (χ1v) is 6.47. The molecule has 3 rings (SSSR count). The Balaban J connectivity index is 1.47. The highest BCUT2D eigenvalue weighted by atomic mass is 19.4. The van der Waals surface area contributed by atoms with Gasteiger partial charge < -0.3 is 10.1 Å². The number of hydrogen-bond donors (Lipinski definition) is 1. The predicted octanol–water partition coefficient (Wildman–Crippen LogP) is 2.02. The molecule has 1 aromatic rings. The predicted molar refractivity (Wildman–Crippen MR) is 65.2 cm³/mol. The Kier molecular flexibility index (Phi) is 3.20. The molecule has 108 valence electrons. The molecular formula is C14H14F3NO2. The molecule has 1 fully saturated rings. The summed E-state index contributed by atoms with van der Waals surface area (Å²) in [5.74, 6) is 0.225. The fourth-order valence-corrected chi connectivity index (χ4v) is 3.03. The highest BCUT2D eigenvalue weighted by Gasteiger charge is 2.56. The van der Waals surface area contributed by atoms with E-state index in [9.17, 15) is 18.0 Å². The molecule has 3 atom stereocenters. The Hall–Kier alpha value is -1.56. The fourth-order valence-electron chi connectivity index (χ4n) is 3.03. The largest absolute Gasteiger partial charge is 0.411 e. The van der Waals surface area contributed by atoms with E-state index in [2.05, 4.69) is 16.1 Å². The molecule has 2 aliphatic rings. The lowest BCUT2D eigenvalue weighted by atomic mass is 10.1. The number of rotatable bonds is 4. The second kappa shape index (κ2) is 4.77. The zero-order chi connectivity index (χ0) is 14.3. The van der Waals surface area contributed by atoms with Crippen molar-refractivity contribution in [1.29, 1.82) is 0 Å². The molecule has 2 aliphatic carbocycles. The van der Waals surface area contributed by atoms with Gasteiger partial charge in [0.2, 0.25) is 5.91 Å². The highest BCUT2D eigenvalue weighted by molar-refractivity contribution is 5.78. The van der Waals surface area contributed by atoms with Crippen molar-refractivity contribution in [3.05, 3.63) is 35.4 Å². The number of benzene rings is 1. The SMILES string of the molecule is O=C(COCC(F)(F)F)N[C@@H]1[C@H]2Cc3ccccc3[C@H]21. The van der Waals surface area contributed by atoms with E-state index in [4.69, 9.17) is 0 Å². The minimum Gasteiger partial charge on any atom is -0.362 e. The Morgan fingerprint density at radius 3 is 2.85 bits per heavy atom. The molecule has 0 bridgehead atoms. The zero-order valence-corrected chi connectivity index (χ0v) is 10.6. The van der Waals surface area contributed by atoms with Gasteiger partial charge >= 0.3 is 6.18 Å². The van der Waals surface area contributed by atoms with Crippen LogP contribution in [0.25, 0.3) is 0 Å². The Morgan fingerprint density at radius 2 is 2.10 bits per heavy atom. The molecule has 0 unspecified atom stereocenters. The monoisotopic (exact) mass is 285 g/mol. The summed E-state index contributed by atoms with van der Waals surface area (Å²) in [5, 5.41) is 2.75. The van der Waals surface area contributed by atoms with Crippen molar-refractivity contribution in [2.24, 2.45) is 5.92 Å². The maximum absolute atomic E-state index is 11.9. The van der Waals surface area contributed by atoms with Gasteiger partial charge in [0.05, 0.1) is 0 Å². The van der Waals surface area contributed by atoms with Gasteiger partial charge in [-0.15, -0.1) is 0 Å². The average molecular weight is 285 g/mol. The van der Waals surface area contributed by atoms with Gasteiger partial charge in [-0.1, -0.05) is 24.3 Å². The second-order valence-corrected chi connectivity index (χ2v) is 5.29. The van der Waals surface area contributed by atoms with E-state index < -0.39 is 25.3 Å². The first kappa shape index (κ1) is 13.4. The van der Waals surface area contributed by atoms with Crippen molar-refractivity contribution >= 4 is 5.91 Å². The van der Waals surface area contributed by atoms with Crippen LogP contribution in [0.1, 0.15) is 17.0 Å². The van der Waals surface area contributed by atoms with Crippen molar-refractivity contribution in [2.45, 2.75) is 24.6 Å². The minimum atomic E-state index is -4.39. The van der Waals surface area contributed by atoms with Crippen LogP contribution < -0.4 is 5.32 Å². The number of ether oxygens (including phenoxy) is 1. The third kappa shape index (κ3) is 2.65. The van der Waals surface area contributed by atoms with Crippen LogP contribution in [0, 0.1) is 5.92 Å². The molecule has 1 aromatic carbocycles. The number of alkyl halides is 3. The molecule has 0 aliphatic heterocycles. The summed E-state index contributed by atoms with van der Waals surface area (Å²) in [6.07, 6.45) is -3.47. The number of fused-ring (bicyclic) bond motifs is 3. The summed E-state index contributed by atoms with van der Waals surface area (Å²) in [4.78, 5) is 11.5. The topological polar surface area (TPSA) is 38.3 Å². The first-order chi connectivity index (χ1) is 9.46. The highest BCUT2D eigenvalue weighted by Crippen LogP contribution is 2.56. The molecule has 6 heteroatoms. The van der Waals surface area contributed by atoms with Gasteiger partial charge in [0.15, 0.2) is 0 Å². The van der Waals surface area contributed by atoms with Gasteiger partial charge in [-0.25, -0.2) is 0 Å². The van der Waals surface area contributed by atoms with Crippen molar-refractivity contribution < 1.29 is 22.7 Å². The maximum Gasteiger partial charge on any atom is 0.411 e. The lowest BCUT2D eigenvalue weighted by molar-refractivity contribution is -0.175. The summed E-state index contributed by atoms with van der Waals surface area (Å²) < 4.78 is 40.0. The van der Waals surface area contributed by atoms with E-state index in [1.54, 1.807) is 0 Å². The quantitative estimate of drug-likeness (QED) is 0.919. The molecule has 0 spiro atoms. The molecule has 0 saturated heterocycles. The summed E-state index contributed by atoms with van der Waals surface area (Å²) in [7, 11) is 0. The van der Waals surface area contributed by atoms with Crippen LogP contribution in [0.3, 0.4) is 0 Å². The number of carbonyl (C=O) groups is 1. The van der Waals surface area contributed by atoms with Crippen LogP contribution in [0.2, 0.25) is 0 Å². The van der Waals surface area contributed by atoms with Crippen LogP contribution in [0.4, 0.5) is 13.2 Å². The molecule has 3 nitrogen and oxygen atoms in total.